The van der Waals surface area contributed by atoms with Crippen molar-refractivity contribution in [3.63, 3.8) is 0 Å². The highest BCUT2D eigenvalue weighted by molar-refractivity contribution is 9.10. The second-order valence-corrected chi connectivity index (χ2v) is 7.19. The molecule has 8 nitrogen and oxygen atoms in total. The average molecular weight is 458 g/mol. The van der Waals surface area contributed by atoms with E-state index in [0.717, 1.165) is 10.0 Å². The van der Waals surface area contributed by atoms with Crippen LogP contribution in [0, 0.1) is 0 Å². The first-order valence-electron chi connectivity index (χ1n) is 8.72. The summed E-state index contributed by atoms with van der Waals surface area (Å²) in [7, 11) is 0. The van der Waals surface area contributed by atoms with E-state index in [1.165, 1.54) is 6.92 Å². The van der Waals surface area contributed by atoms with E-state index in [4.69, 9.17) is 14.2 Å². The fourth-order valence-electron chi connectivity index (χ4n) is 2.69. The topological polar surface area (TPSA) is 103 Å². The number of fused-ring (bicyclic) bond motifs is 1. The van der Waals surface area contributed by atoms with Crippen molar-refractivity contribution in [1.29, 1.82) is 0 Å². The molecule has 0 spiro atoms. The second-order valence-electron chi connectivity index (χ2n) is 6.28. The van der Waals surface area contributed by atoms with Crippen LogP contribution in [0.4, 0.5) is 5.69 Å². The molecular weight excluding hydrogens is 442 g/mol. The van der Waals surface area contributed by atoms with E-state index in [1.807, 2.05) is 24.3 Å². The van der Waals surface area contributed by atoms with Gasteiger partial charge in [0.25, 0.3) is 5.91 Å². The molecule has 1 aliphatic rings. The quantitative estimate of drug-likeness (QED) is 0.565. The van der Waals surface area contributed by atoms with Crippen LogP contribution in [0.3, 0.4) is 0 Å². The van der Waals surface area contributed by atoms with Crippen molar-refractivity contribution >= 4 is 33.5 Å². The summed E-state index contributed by atoms with van der Waals surface area (Å²) in [4.78, 5) is 24.7. The van der Waals surface area contributed by atoms with E-state index in [1.54, 1.807) is 24.3 Å². The lowest BCUT2D eigenvalue weighted by atomic mass is 10.1. The van der Waals surface area contributed by atoms with Gasteiger partial charge in [-0.25, -0.2) is 4.79 Å². The van der Waals surface area contributed by atoms with Gasteiger partial charge in [-0.05, 0) is 37.3 Å². The molecule has 1 atom stereocenters. The number of ether oxygens (including phenoxy) is 3. The minimum atomic E-state index is -1.01. The maximum absolute atomic E-state index is 12.3. The molecule has 0 saturated heterocycles. The van der Waals surface area contributed by atoms with E-state index in [9.17, 15) is 9.59 Å². The van der Waals surface area contributed by atoms with E-state index >= 15 is 0 Å². The predicted octanol–water partition coefficient (Wildman–Crippen LogP) is 3.75. The lowest BCUT2D eigenvalue weighted by Crippen LogP contribution is -2.30. The standard InChI is InChI=1S/C20H16BrN3O5/c1-11(19(25)22-14-6-7-17-18(8-14)28-10-27-17)29-20(26)16-9-15(23-24-16)12-2-4-13(21)5-3-12/h2-9,11H,10H2,1H3,(H,22,25)(H,23,24)/t11-/m0/s1. The highest BCUT2D eigenvalue weighted by atomic mass is 79.9. The Morgan fingerprint density at radius 3 is 2.69 bits per heavy atom. The molecule has 2 N–H and O–H groups in total. The minimum Gasteiger partial charge on any atom is -0.454 e. The SMILES string of the molecule is C[C@H](OC(=O)c1cc(-c2ccc(Br)cc2)n[nH]1)C(=O)Nc1ccc2c(c1)OCO2. The molecular formula is C20H16BrN3O5. The Morgan fingerprint density at radius 2 is 1.90 bits per heavy atom. The molecule has 3 aromatic rings. The number of nitrogens with zero attached hydrogens (tertiary/aromatic N) is 1. The number of hydrogen-bond acceptors (Lipinski definition) is 6. The number of rotatable bonds is 5. The number of halogens is 1. The van der Waals surface area contributed by atoms with Crippen LogP contribution in [0.1, 0.15) is 17.4 Å². The number of hydrogen-bond donors (Lipinski definition) is 2. The number of amides is 1. The van der Waals surface area contributed by atoms with Gasteiger partial charge in [-0.15, -0.1) is 0 Å². The van der Waals surface area contributed by atoms with Crippen LogP contribution in [0.25, 0.3) is 11.3 Å². The monoisotopic (exact) mass is 457 g/mol. The molecule has 2 heterocycles. The van der Waals surface area contributed by atoms with Crippen molar-refractivity contribution in [3.8, 4) is 22.8 Å². The van der Waals surface area contributed by atoms with Crippen LogP contribution in [-0.2, 0) is 9.53 Å². The zero-order chi connectivity index (χ0) is 20.4. The van der Waals surface area contributed by atoms with Crippen LogP contribution in [0.15, 0.2) is 53.0 Å². The normalized spacial score (nSPS) is 13.0. The lowest BCUT2D eigenvalue weighted by molar-refractivity contribution is -0.123. The molecule has 0 radical (unpaired) electrons. The number of H-pyrrole nitrogens is 1. The summed E-state index contributed by atoms with van der Waals surface area (Å²) in [6.45, 7) is 1.64. The summed E-state index contributed by atoms with van der Waals surface area (Å²) >= 11 is 3.37. The van der Waals surface area contributed by atoms with Gasteiger partial charge in [0.05, 0.1) is 5.69 Å². The summed E-state index contributed by atoms with van der Waals surface area (Å²) < 4.78 is 16.7. The molecule has 9 heteroatoms. The third-order valence-corrected chi connectivity index (χ3v) is 4.76. The van der Waals surface area contributed by atoms with Gasteiger partial charge in [-0.3, -0.25) is 9.89 Å². The minimum absolute atomic E-state index is 0.146. The molecule has 1 amide bonds. The second kappa shape index (κ2) is 7.96. The Labute approximate surface area is 174 Å². The van der Waals surface area contributed by atoms with Crippen molar-refractivity contribution < 1.29 is 23.8 Å². The number of aromatic amines is 1. The fraction of sp³-hybridized carbons (Fsp3) is 0.150. The number of esters is 1. The van der Waals surface area contributed by atoms with Crippen LogP contribution in [0.5, 0.6) is 11.5 Å². The number of anilines is 1. The van der Waals surface area contributed by atoms with Gasteiger partial charge in [-0.2, -0.15) is 5.10 Å². The molecule has 29 heavy (non-hydrogen) atoms. The number of benzene rings is 2. The molecule has 1 aromatic heterocycles. The zero-order valence-electron chi connectivity index (χ0n) is 15.3. The van der Waals surface area contributed by atoms with E-state index in [-0.39, 0.29) is 12.5 Å². The number of aromatic nitrogens is 2. The van der Waals surface area contributed by atoms with E-state index < -0.39 is 18.0 Å². The Kier molecular flexibility index (Phi) is 5.22. The van der Waals surface area contributed by atoms with Gasteiger partial charge >= 0.3 is 5.97 Å². The first-order valence-corrected chi connectivity index (χ1v) is 9.52. The van der Waals surface area contributed by atoms with Gasteiger partial charge in [0, 0.05) is 21.8 Å². The molecule has 4 rings (SSSR count). The smallest absolute Gasteiger partial charge is 0.357 e. The Balaban J connectivity index is 1.37. The summed E-state index contributed by atoms with van der Waals surface area (Å²) in [6.07, 6.45) is -1.01. The zero-order valence-corrected chi connectivity index (χ0v) is 16.9. The third-order valence-electron chi connectivity index (χ3n) is 4.23. The number of carbonyl (C=O) groups excluding carboxylic acids is 2. The fourth-order valence-corrected chi connectivity index (χ4v) is 2.95. The van der Waals surface area contributed by atoms with Gasteiger partial charge in [0.2, 0.25) is 6.79 Å². The first-order chi connectivity index (χ1) is 14.0. The van der Waals surface area contributed by atoms with Crippen LogP contribution >= 0.6 is 15.9 Å². The molecule has 0 bridgehead atoms. The number of nitrogens with one attached hydrogen (secondary N) is 2. The predicted molar refractivity (Wildman–Crippen MR) is 108 cm³/mol. The van der Waals surface area contributed by atoms with Gasteiger partial charge in [-0.1, -0.05) is 28.1 Å². The maximum Gasteiger partial charge on any atom is 0.357 e. The Bertz CT molecular complexity index is 1060. The molecule has 0 aliphatic carbocycles. The average Bonchev–Trinajstić information content (AvgIpc) is 3.37. The summed E-state index contributed by atoms with van der Waals surface area (Å²) in [5.41, 5.74) is 2.12. The van der Waals surface area contributed by atoms with E-state index in [2.05, 4.69) is 31.4 Å². The van der Waals surface area contributed by atoms with Crippen molar-refractivity contribution in [1.82, 2.24) is 10.2 Å². The summed E-state index contributed by atoms with van der Waals surface area (Å²) in [5.74, 6) is 0.0211. The highest BCUT2D eigenvalue weighted by Crippen LogP contribution is 2.34. The van der Waals surface area contributed by atoms with Crippen molar-refractivity contribution in [2.24, 2.45) is 0 Å². The summed E-state index contributed by atoms with van der Waals surface area (Å²) in [6, 6.07) is 14.1. The number of carbonyl (C=O) groups is 2. The molecule has 0 saturated carbocycles. The van der Waals surface area contributed by atoms with Crippen molar-refractivity contribution in [2.75, 3.05) is 12.1 Å². The van der Waals surface area contributed by atoms with E-state index in [0.29, 0.717) is 22.9 Å². The lowest BCUT2D eigenvalue weighted by Gasteiger charge is -2.13. The Hall–Kier alpha value is -3.33. The third kappa shape index (κ3) is 4.24. The maximum atomic E-state index is 12.3. The molecule has 1 aliphatic heterocycles. The first kappa shape index (κ1) is 19.0. The molecule has 2 aromatic carbocycles. The van der Waals surface area contributed by atoms with Crippen molar-refractivity contribution in [2.45, 2.75) is 13.0 Å². The van der Waals surface area contributed by atoms with Crippen molar-refractivity contribution in [3.05, 3.63) is 58.7 Å². The highest BCUT2D eigenvalue weighted by Gasteiger charge is 2.22. The largest absolute Gasteiger partial charge is 0.454 e. The Morgan fingerprint density at radius 1 is 1.14 bits per heavy atom. The van der Waals surface area contributed by atoms with Crippen LogP contribution < -0.4 is 14.8 Å². The van der Waals surface area contributed by atoms with Crippen LogP contribution in [0.2, 0.25) is 0 Å². The van der Waals surface area contributed by atoms with Gasteiger partial charge < -0.3 is 19.5 Å². The van der Waals surface area contributed by atoms with Gasteiger partial charge in [0.1, 0.15) is 5.69 Å². The molecule has 148 valence electrons. The van der Waals surface area contributed by atoms with Crippen LogP contribution in [-0.4, -0.2) is 35.0 Å². The molecule has 0 fully saturated rings. The van der Waals surface area contributed by atoms with Gasteiger partial charge in [0.15, 0.2) is 17.6 Å². The summed E-state index contributed by atoms with van der Waals surface area (Å²) in [5, 5.41) is 9.45. The molecule has 0 unspecified atom stereocenters.